The molecule has 84 valence electrons. The van der Waals surface area contributed by atoms with Crippen LogP contribution in [0.25, 0.3) is 10.4 Å². The number of carbonyl (C=O) groups excluding carboxylic acids is 1. The molecule has 0 atom stereocenters. The van der Waals surface area contributed by atoms with Gasteiger partial charge in [0.15, 0.2) is 0 Å². The van der Waals surface area contributed by atoms with Gasteiger partial charge in [0.05, 0.1) is 12.6 Å². The van der Waals surface area contributed by atoms with Gasteiger partial charge in [-0.1, -0.05) is 5.11 Å². The Labute approximate surface area is 89.3 Å². The van der Waals surface area contributed by atoms with Gasteiger partial charge in [0.2, 0.25) is 5.91 Å². The van der Waals surface area contributed by atoms with Crippen LogP contribution in [0.4, 0.5) is 0 Å². The second kappa shape index (κ2) is 4.51. The van der Waals surface area contributed by atoms with Crippen LogP contribution in [0.2, 0.25) is 0 Å². The number of rotatable bonds is 3. The Kier molecular flexibility index (Phi) is 3.55. The second-order valence-corrected chi connectivity index (χ2v) is 4.85. The van der Waals surface area contributed by atoms with Gasteiger partial charge in [-0.05, 0) is 26.3 Å². The van der Waals surface area contributed by atoms with Crippen molar-refractivity contribution in [3.05, 3.63) is 10.4 Å². The number of hydrogen-bond acceptors (Lipinski definition) is 3. The first-order chi connectivity index (χ1) is 6.90. The molecule has 0 saturated carbocycles. The molecule has 0 aromatic carbocycles. The van der Waals surface area contributed by atoms with Crippen LogP contribution < -0.4 is 5.32 Å². The molecule has 1 fully saturated rings. The Bertz CT molecular complexity index is 283. The molecule has 0 aromatic rings. The van der Waals surface area contributed by atoms with E-state index in [0.717, 1.165) is 0 Å². The smallest absolute Gasteiger partial charge is 0.234 e. The number of carbonyl (C=O) groups is 1. The molecule has 0 bridgehead atoms. The Hall–Kier alpha value is -1.26. The van der Waals surface area contributed by atoms with Crippen molar-refractivity contribution in [2.24, 2.45) is 5.11 Å². The lowest BCUT2D eigenvalue weighted by Gasteiger charge is -2.36. The predicted molar refractivity (Wildman–Crippen MR) is 57.3 cm³/mol. The van der Waals surface area contributed by atoms with Crippen molar-refractivity contribution in [2.75, 3.05) is 19.6 Å². The summed E-state index contributed by atoms with van der Waals surface area (Å²) in [7, 11) is 0. The van der Waals surface area contributed by atoms with Gasteiger partial charge in [-0.3, -0.25) is 9.69 Å². The molecule has 1 N–H and O–H groups in total. The van der Waals surface area contributed by atoms with Crippen LogP contribution >= 0.6 is 0 Å². The summed E-state index contributed by atoms with van der Waals surface area (Å²) in [5.74, 6) is 0.0156. The number of nitrogens with one attached hydrogen (secondary N) is 1. The van der Waals surface area contributed by atoms with E-state index in [1.165, 1.54) is 0 Å². The highest BCUT2D eigenvalue weighted by Crippen LogP contribution is 2.11. The zero-order valence-corrected chi connectivity index (χ0v) is 9.40. The molecular weight excluding hydrogens is 194 g/mol. The fourth-order valence-corrected chi connectivity index (χ4v) is 1.48. The molecule has 6 nitrogen and oxygen atoms in total. The molecule has 1 saturated heterocycles. The summed E-state index contributed by atoms with van der Waals surface area (Å²) in [6.45, 7) is 7.59. The van der Waals surface area contributed by atoms with Crippen molar-refractivity contribution in [2.45, 2.75) is 32.4 Å². The predicted octanol–water partition coefficient (Wildman–Crippen LogP) is 0.896. The Balaban J connectivity index is 2.22. The van der Waals surface area contributed by atoms with E-state index < -0.39 is 0 Å². The van der Waals surface area contributed by atoms with E-state index in [-0.39, 0.29) is 17.5 Å². The molecule has 0 spiro atoms. The maximum absolute atomic E-state index is 11.5. The zero-order chi connectivity index (χ0) is 11.5. The third-order valence-corrected chi connectivity index (χ3v) is 2.03. The normalized spacial score (nSPS) is 17.8. The molecule has 15 heavy (non-hydrogen) atoms. The molecule has 0 unspecified atom stereocenters. The van der Waals surface area contributed by atoms with Crippen molar-refractivity contribution < 1.29 is 4.79 Å². The van der Waals surface area contributed by atoms with Crippen molar-refractivity contribution in [3.8, 4) is 0 Å². The second-order valence-electron chi connectivity index (χ2n) is 4.85. The topological polar surface area (TPSA) is 81.1 Å². The highest BCUT2D eigenvalue weighted by Gasteiger charge is 2.27. The molecule has 1 heterocycles. The van der Waals surface area contributed by atoms with E-state index in [2.05, 4.69) is 15.3 Å². The van der Waals surface area contributed by atoms with E-state index in [0.29, 0.717) is 19.6 Å². The molecule has 0 aromatic heterocycles. The summed E-state index contributed by atoms with van der Waals surface area (Å²) < 4.78 is 0. The summed E-state index contributed by atoms with van der Waals surface area (Å²) >= 11 is 0. The lowest BCUT2D eigenvalue weighted by molar-refractivity contribution is -0.124. The van der Waals surface area contributed by atoms with Crippen molar-refractivity contribution >= 4 is 5.91 Å². The summed E-state index contributed by atoms with van der Waals surface area (Å²) in [6.07, 6.45) is 0. The van der Waals surface area contributed by atoms with Gasteiger partial charge in [0.1, 0.15) is 0 Å². The van der Waals surface area contributed by atoms with Crippen molar-refractivity contribution in [1.29, 1.82) is 0 Å². The monoisotopic (exact) mass is 211 g/mol. The minimum Gasteiger partial charge on any atom is -0.350 e. The van der Waals surface area contributed by atoms with E-state index in [1.807, 2.05) is 25.7 Å². The van der Waals surface area contributed by atoms with Crippen LogP contribution in [-0.2, 0) is 4.79 Å². The number of azide groups is 1. The van der Waals surface area contributed by atoms with Crippen molar-refractivity contribution in [3.63, 3.8) is 0 Å². The van der Waals surface area contributed by atoms with Crippen LogP contribution in [0.15, 0.2) is 5.11 Å². The summed E-state index contributed by atoms with van der Waals surface area (Å²) in [5.41, 5.74) is 7.99. The third kappa shape index (κ3) is 4.18. The molecule has 0 radical (unpaired) electrons. The fraction of sp³-hybridized carbons (Fsp3) is 0.889. The lowest BCUT2D eigenvalue weighted by Crippen LogP contribution is -2.54. The minimum absolute atomic E-state index is 0.0156. The maximum Gasteiger partial charge on any atom is 0.234 e. The standard InChI is InChI=1S/C9H17N5O/c1-9(2,3)11-8(15)6-14-4-7(5-14)12-13-10/h7H,4-6H2,1-3H3,(H,11,15). The number of hydrogen-bond donors (Lipinski definition) is 1. The molecule has 6 heteroatoms. The number of amides is 1. The summed E-state index contributed by atoms with van der Waals surface area (Å²) in [6, 6.07) is 0.0393. The summed E-state index contributed by atoms with van der Waals surface area (Å²) in [5, 5.41) is 6.45. The summed E-state index contributed by atoms with van der Waals surface area (Å²) in [4.78, 5) is 16.2. The Morgan fingerprint density at radius 2 is 2.20 bits per heavy atom. The van der Waals surface area contributed by atoms with Crippen LogP contribution in [0, 0.1) is 0 Å². The first-order valence-electron chi connectivity index (χ1n) is 4.98. The molecule has 1 aliphatic heterocycles. The maximum atomic E-state index is 11.5. The van der Waals surface area contributed by atoms with Gasteiger partial charge < -0.3 is 5.32 Å². The molecule has 1 rings (SSSR count). The minimum atomic E-state index is -0.188. The van der Waals surface area contributed by atoms with Gasteiger partial charge in [-0.25, -0.2) is 0 Å². The molecule has 1 aliphatic rings. The highest BCUT2D eigenvalue weighted by atomic mass is 16.2. The number of nitrogens with zero attached hydrogens (tertiary/aromatic N) is 4. The van der Waals surface area contributed by atoms with Crippen LogP contribution in [0.5, 0.6) is 0 Å². The molecular formula is C9H17N5O. The van der Waals surface area contributed by atoms with Gasteiger partial charge in [0, 0.05) is 23.5 Å². The number of likely N-dealkylation sites (tertiary alicyclic amines) is 1. The van der Waals surface area contributed by atoms with E-state index in [1.54, 1.807) is 0 Å². The zero-order valence-electron chi connectivity index (χ0n) is 9.40. The highest BCUT2D eigenvalue weighted by molar-refractivity contribution is 5.78. The van der Waals surface area contributed by atoms with E-state index in [9.17, 15) is 4.79 Å². The van der Waals surface area contributed by atoms with Gasteiger partial charge in [0.25, 0.3) is 0 Å². The average molecular weight is 211 g/mol. The van der Waals surface area contributed by atoms with E-state index in [4.69, 9.17) is 5.53 Å². The first-order valence-corrected chi connectivity index (χ1v) is 4.98. The lowest BCUT2D eigenvalue weighted by atomic mass is 10.1. The van der Waals surface area contributed by atoms with Crippen LogP contribution in [-0.4, -0.2) is 42.0 Å². The Morgan fingerprint density at radius 1 is 1.60 bits per heavy atom. The Morgan fingerprint density at radius 3 is 2.67 bits per heavy atom. The van der Waals surface area contributed by atoms with Gasteiger partial charge in [-0.2, -0.15) is 0 Å². The van der Waals surface area contributed by atoms with Crippen molar-refractivity contribution in [1.82, 2.24) is 10.2 Å². The SMILES string of the molecule is CC(C)(C)NC(=O)CN1CC(N=[N+]=[N-])C1. The van der Waals surface area contributed by atoms with Crippen LogP contribution in [0.1, 0.15) is 20.8 Å². The van der Waals surface area contributed by atoms with Gasteiger partial charge in [-0.15, -0.1) is 0 Å². The van der Waals surface area contributed by atoms with E-state index >= 15 is 0 Å². The van der Waals surface area contributed by atoms with Crippen LogP contribution in [0.3, 0.4) is 0 Å². The third-order valence-electron chi connectivity index (χ3n) is 2.03. The average Bonchev–Trinajstić information content (AvgIpc) is 1.97. The molecule has 1 amide bonds. The quantitative estimate of drug-likeness (QED) is 0.427. The largest absolute Gasteiger partial charge is 0.350 e. The molecule has 0 aliphatic carbocycles. The van der Waals surface area contributed by atoms with Gasteiger partial charge >= 0.3 is 0 Å². The fourth-order valence-electron chi connectivity index (χ4n) is 1.48. The first kappa shape index (κ1) is 11.8.